The van der Waals surface area contributed by atoms with Crippen molar-refractivity contribution < 1.29 is 9.21 Å². The summed E-state index contributed by atoms with van der Waals surface area (Å²) in [5, 5.41) is 2.76. The van der Waals surface area contributed by atoms with Gasteiger partial charge in [0.05, 0.1) is 10.7 Å². The van der Waals surface area contributed by atoms with Gasteiger partial charge < -0.3 is 15.5 Å². The molecule has 0 saturated heterocycles. The number of rotatable bonds is 4. The molecule has 0 aliphatic rings. The highest BCUT2D eigenvalue weighted by molar-refractivity contribution is 7.80. The molecule has 3 N–H and O–H groups in total. The second-order valence-corrected chi connectivity index (χ2v) is 4.97. The maximum Gasteiger partial charge on any atom is 0.293 e. The van der Waals surface area contributed by atoms with Gasteiger partial charge in [-0.25, -0.2) is 4.98 Å². The average molecular weight is 289 g/mol. The van der Waals surface area contributed by atoms with Crippen molar-refractivity contribution in [2.24, 2.45) is 5.73 Å². The molecule has 0 atom stereocenters. The molecule has 0 aliphatic carbocycles. The van der Waals surface area contributed by atoms with Crippen LogP contribution in [0.4, 0.5) is 5.69 Å². The largest absolute Gasteiger partial charge is 0.436 e. The van der Waals surface area contributed by atoms with Crippen molar-refractivity contribution in [2.45, 2.75) is 20.3 Å². The summed E-state index contributed by atoms with van der Waals surface area (Å²) in [4.78, 5) is 16.5. The Morgan fingerprint density at radius 1 is 1.35 bits per heavy atom. The minimum absolute atomic E-state index is 0.231. The van der Waals surface area contributed by atoms with Gasteiger partial charge in [-0.3, -0.25) is 4.79 Å². The molecule has 1 aromatic carbocycles. The van der Waals surface area contributed by atoms with Crippen molar-refractivity contribution in [3.63, 3.8) is 0 Å². The van der Waals surface area contributed by atoms with Crippen molar-refractivity contribution in [1.82, 2.24) is 4.98 Å². The van der Waals surface area contributed by atoms with Crippen molar-refractivity contribution in [3.05, 3.63) is 47.2 Å². The topological polar surface area (TPSA) is 81.2 Å². The summed E-state index contributed by atoms with van der Waals surface area (Å²) >= 11 is 4.85. The van der Waals surface area contributed by atoms with E-state index in [1.807, 2.05) is 12.1 Å². The summed E-state index contributed by atoms with van der Waals surface area (Å²) in [7, 11) is 0. The first-order valence-electron chi connectivity index (χ1n) is 6.08. The number of carbonyl (C=O) groups is 1. The zero-order chi connectivity index (χ0) is 14.7. The number of carbonyl (C=O) groups excluding carboxylic acids is 1. The zero-order valence-corrected chi connectivity index (χ0v) is 12.1. The lowest BCUT2D eigenvalue weighted by atomic mass is 10.1. The van der Waals surface area contributed by atoms with E-state index in [-0.39, 0.29) is 11.7 Å². The maximum absolute atomic E-state index is 12.0. The number of nitrogens with one attached hydrogen (secondary N) is 1. The Labute approximate surface area is 122 Å². The van der Waals surface area contributed by atoms with E-state index >= 15 is 0 Å². The smallest absolute Gasteiger partial charge is 0.293 e. The molecule has 1 heterocycles. The van der Waals surface area contributed by atoms with Crippen LogP contribution in [-0.2, 0) is 6.42 Å². The minimum Gasteiger partial charge on any atom is -0.436 e. The molecule has 0 radical (unpaired) electrons. The second-order valence-electron chi connectivity index (χ2n) is 4.44. The first-order valence-corrected chi connectivity index (χ1v) is 6.49. The fourth-order valence-electron chi connectivity index (χ4n) is 1.84. The van der Waals surface area contributed by atoms with Crippen LogP contribution in [0.2, 0.25) is 0 Å². The third kappa shape index (κ3) is 3.42. The van der Waals surface area contributed by atoms with Crippen LogP contribution in [0.15, 0.2) is 28.7 Å². The number of benzene rings is 1. The van der Waals surface area contributed by atoms with Crippen LogP contribution in [0.1, 0.15) is 27.7 Å². The number of nitrogens with zero attached hydrogens (tertiary/aromatic N) is 1. The van der Waals surface area contributed by atoms with E-state index < -0.39 is 0 Å². The molecule has 0 bridgehead atoms. The third-order valence-corrected chi connectivity index (χ3v) is 2.84. The van der Waals surface area contributed by atoms with Gasteiger partial charge in [0, 0.05) is 19.0 Å². The van der Waals surface area contributed by atoms with Crippen LogP contribution in [0.25, 0.3) is 0 Å². The van der Waals surface area contributed by atoms with Crippen LogP contribution in [0.3, 0.4) is 0 Å². The van der Waals surface area contributed by atoms with E-state index in [4.69, 9.17) is 22.4 Å². The van der Waals surface area contributed by atoms with Crippen molar-refractivity contribution in [2.75, 3.05) is 5.32 Å². The lowest BCUT2D eigenvalue weighted by molar-refractivity contribution is 0.0994. The van der Waals surface area contributed by atoms with Gasteiger partial charge in [0.15, 0.2) is 5.89 Å². The Morgan fingerprint density at radius 2 is 2.00 bits per heavy atom. The van der Waals surface area contributed by atoms with Crippen LogP contribution in [0.5, 0.6) is 0 Å². The Hall–Kier alpha value is -2.21. The molecule has 2 rings (SSSR count). The predicted molar refractivity (Wildman–Crippen MR) is 80.9 cm³/mol. The van der Waals surface area contributed by atoms with E-state index in [0.29, 0.717) is 28.7 Å². The number of thiocarbonyl (C=S) groups is 1. The number of oxazole rings is 1. The van der Waals surface area contributed by atoms with Crippen LogP contribution in [0, 0.1) is 13.8 Å². The maximum atomic E-state index is 12.0. The summed E-state index contributed by atoms with van der Waals surface area (Å²) in [6.07, 6.45) is 0.546. The number of aromatic nitrogens is 1. The van der Waals surface area contributed by atoms with E-state index in [0.717, 1.165) is 5.56 Å². The SMILES string of the molecule is Cc1nc(C)c(C(=O)Nc2ccc(CC(N)=S)cc2)o1. The molecular formula is C14H15N3O2S. The van der Waals surface area contributed by atoms with Gasteiger partial charge in [-0.2, -0.15) is 0 Å². The number of amides is 1. The van der Waals surface area contributed by atoms with Crippen LogP contribution >= 0.6 is 12.2 Å². The monoisotopic (exact) mass is 289 g/mol. The zero-order valence-electron chi connectivity index (χ0n) is 11.3. The lowest BCUT2D eigenvalue weighted by Crippen LogP contribution is -2.13. The molecule has 0 aliphatic heterocycles. The van der Waals surface area contributed by atoms with E-state index in [1.165, 1.54) is 0 Å². The Balaban J connectivity index is 2.08. The molecular weight excluding hydrogens is 274 g/mol. The van der Waals surface area contributed by atoms with Gasteiger partial charge in [-0.05, 0) is 24.6 Å². The molecule has 5 nitrogen and oxygen atoms in total. The summed E-state index contributed by atoms with van der Waals surface area (Å²) < 4.78 is 5.27. The molecule has 6 heteroatoms. The standard InChI is InChI=1S/C14H15N3O2S/c1-8-13(19-9(2)16-8)14(18)17-11-5-3-10(4-6-11)7-12(15)20/h3-6H,7H2,1-2H3,(H2,15,20)(H,17,18). The van der Waals surface area contributed by atoms with Gasteiger partial charge in [0.25, 0.3) is 5.91 Å². The lowest BCUT2D eigenvalue weighted by Gasteiger charge is -2.05. The fraction of sp³-hybridized carbons (Fsp3) is 0.214. The molecule has 2 aromatic rings. The summed E-state index contributed by atoms with van der Waals surface area (Å²) in [5.41, 5.74) is 7.73. The Kier molecular flexibility index (Phi) is 4.14. The van der Waals surface area contributed by atoms with Crippen LogP contribution in [-0.4, -0.2) is 15.9 Å². The van der Waals surface area contributed by atoms with E-state index in [2.05, 4.69) is 10.3 Å². The average Bonchev–Trinajstić information content (AvgIpc) is 2.70. The highest BCUT2D eigenvalue weighted by Gasteiger charge is 2.15. The van der Waals surface area contributed by atoms with Gasteiger partial charge in [0.1, 0.15) is 0 Å². The third-order valence-electron chi connectivity index (χ3n) is 2.70. The number of hydrogen-bond acceptors (Lipinski definition) is 4. The molecule has 104 valence electrons. The molecule has 1 amide bonds. The van der Waals surface area contributed by atoms with Gasteiger partial charge >= 0.3 is 0 Å². The number of anilines is 1. The molecule has 0 spiro atoms. The normalized spacial score (nSPS) is 10.3. The van der Waals surface area contributed by atoms with Crippen molar-refractivity contribution >= 4 is 28.8 Å². The molecule has 1 aromatic heterocycles. The summed E-state index contributed by atoms with van der Waals surface area (Å²) in [6.45, 7) is 3.44. The predicted octanol–water partition coefficient (Wildman–Crippen LogP) is 2.37. The highest BCUT2D eigenvalue weighted by Crippen LogP contribution is 2.14. The first kappa shape index (κ1) is 14.2. The Morgan fingerprint density at radius 3 is 2.50 bits per heavy atom. The van der Waals surface area contributed by atoms with Gasteiger partial charge in [-0.15, -0.1) is 0 Å². The van der Waals surface area contributed by atoms with Crippen LogP contribution < -0.4 is 11.1 Å². The fourth-order valence-corrected chi connectivity index (χ4v) is 2.00. The quantitative estimate of drug-likeness (QED) is 0.845. The first-order chi connectivity index (χ1) is 9.45. The molecule has 20 heavy (non-hydrogen) atoms. The Bertz CT molecular complexity index is 647. The highest BCUT2D eigenvalue weighted by atomic mass is 32.1. The summed E-state index contributed by atoms with van der Waals surface area (Å²) in [6, 6.07) is 7.33. The van der Waals surface area contributed by atoms with Crippen molar-refractivity contribution in [1.29, 1.82) is 0 Å². The van der Waals surface area contributed by atoms with Gasteiger partial charge in [-0.1, -0.05) is 24.4 Å². The van der Waals surface area contributed by atoms with Gasteiger partial charge in [0.2, 0.25) is 5.76 Å². The minimum atomic E-state index is -0.315. The number of nitrogens with two attached hydrogens (primary N) is 1. The van der Waals surface area contributed by atoms with Crippen molar-refractivity contribution in [3.8, 4) is 0 Å². The molecule has 0 unspecified atom stereocenters. The number of hydrogen-bond donors (Lipinski definition) is 2. The van der Waals surface area contributed by atoms with E-state index in [9.17, 15) is 4.79 Å². The summed E-state index contributed by atoms with van der Waals surface area (Å²) in [5.74, 6) is 0.388. The second kappa shape index (κ2) is 5.83. The van der Waals surface area contributed by atoms with E-state index in [1.54, 1.807) is 26.0 Å². The number of aryl methyl sites for hydroxylation is 2. The molecule has 0 fully saturated rings. The molecule has 0 saturated carbocycles.